The van der Waals surface area contributed by atoms with Crippen LogP contribution in [0, 0.1) is 40.4 Å². The van der Waals surface area contributed by atoms with Crippen molar-refractivity contribution in [2.24, 2.45) is 47.5 Å². The molecule has 214 valence electrons. The van der Waals surface area contributed by atoms with E-state index in [0.29, 0.717) is 55.4 Å². The SMILES string of the molecule is C[C@H](CC(=O)N1CCN(C(=O)c2cnn(C)c2)CC1)[C@H]1CC[C@H]2[C@@H]3CC=C4C[C@@H](O)CC[C@]4(C)[C@H]3CC[C@]12C. The first kappa shape index (κ1) is 27.0. The van der Waals surface area contributed by atoms with Crippen LogP contribution in [0.4, 0.5) is 0 Å². The summed E-state index contributed by atoms with van der Waals surface area (Å²) in [6.45, 7) is 9.80. The normalized spacial score (nSPS) is 38.9. The lowest BCUT2D eigenvalue weighted by Gasteiger charge is -2.58. The summed E-state index contributed by atoms with van der Waals surface area (Å²) in [6.07, 6.45) is 15.7. The van der Waals surface area contributed by atoms with Gasteiger partial charge in [-0.2, -0.15) is 5.10 Å². The lowest BCUT2D eigenvalue weighted by Crippen LogP contribution is -2.52. The quantitative estimate of drug-likeness (QED) is 0.568. The molecule has 1 aromatic rings. The van der Waals surface area contributed by atoms with Gasteiger partial charge in [-0.05, 0) is 91.8 Å². The zero-order valence-electron chi connectivity index (χ0n) is 24.4. The molecule has 0 bridgehead atoms. The van der Waals surface area contributed by atoms with Crippen LogP contribution in [0.25, 0.3) is 0 Å². The van der Waals surface area contributed by atoms with Crippen LogP contribution in [0.1, 0.15) is 88.9 Å². The number of aliphatic hydroxyl groups excluding tert-OH is 1. The van der Waals surface area contributed by atoms with Gasteiger partial charge >= 0.3 is 0 Å². The van der Waals surface area contributed by atoms with Crippen molar-refractivity contribution in [3.63, 3.8) is 0 Å². The Morgan fingerprint density at radius 1 is 1.05 bits per heavy atom. The van der Waals surface area contributed by atoms with Crippen molar-refractivity contribution in [2.45, 2.75) is 84.7 Å². The van der Waals surface area contributed by atoms with E-state index in [-0.39, 0.29) is 23.3 Å². The van der Waals surface area contributed by atoms with E-state index in [1.807, 2.05) is 16.8 Å². The van der Waals surface area contributed by atoms with Gasteiger partial charge in [-0.3, -0.25) is 14.3 Å². The Morgan fingerprint density at radius 2 is 1.79 bits per heavy atom. The molecule has 8 atom stereocenters. The highest BCUT2D eigenvalue weighted by molar-refractivity contribution is 5.94. The van der Waals surface area contributed by atoms with Crippen LogP contribution < -0.4 is 0 Å². The molecular weight excluding hydrogens is 488 g/mol. The molecule has 4 aliphatic carbocycles. The summed E-state index contributed by atoms with van der Waals surface area (Å²) in [5.41, 5.74) is 2.76. The summed E-state index contributed by atoms with van der Waals surface area (Å²) in [7, 11) is 1.82. The molecule has 6 rings (SSSR count). The fraction of sp³-hybridized carbons (Fsp3) is 0.781. The highest BCUT2D eigenvalue weighted by Crippen LogP contribution is 2.67. The standard InChI is InChI=1S/C32H48N4O3/c1-21(17-29(38)35-13-15-36(16-14-35)30(39)22-19-33-34(4)20-22)26-7-8-27-25-6-5-23-18-24(37)9-11-31(23,2)28(25)10-12-32(26,27)3/h5,19-21,24-28,37H,6-18H2,1-4H3/t21-,24+,25+,26-,27+,28+,31+,32-/m1/s1. The summed E-state index contributed by atoms with van der Waals surface area (Å²) >= 11 is 0. The third-order valence-electron chi connectivity index (χ3n) is 12.2. The van der Waals surface area contributed by atoms with Crippen molar-refractivity contribution < 1.29 is 14.7 Å². The highest BCUT2D eigenvalue weighted by Gasteiger charge is 2.59. The Labute approximate surface area is 234 Å². The third kappa shape index (κ3) is 4.57. The van der Waals surface area contributed by atoms with Crippen molar-refractivity contribution >= 4 is 11.8 Å². The lowest BCUT2D eigenvalue weighted by molar-refractivity contribution is -0.134. The number of carbonyl (C=O) groups excluding carboxylic acids is 2. The van der Waals surface area contributed by atoms with Crippen molar-refractivity contribution in [1.29, 1.82) is 0 Å². The fourth-order valence-electron chi connectivity index (χ4n) is 10.0. The molecule has 3 saturated carbocycles. The second-order valence-corrected chi connectivity index (χ2v) is 14.1. The van der Waals surface area contributed by atoms with Gasteiger partial charge in [0.15, 0.2) is 0 Å². The molecule has 1 aromatic heterocycles. The van der Waals surface area contributed by atoms with Gasteiger partial charge in [0.05, 0.1) is 17.9 Å². The minimum Gasteiger partial charge on any atom is -0.393 e. The van der Waals surface area contributed by atoms with Crippen molar-refractivity contribution in [1.82, 2.24) is 19.6 Å². The fourth-order valence-corrected chi connectivity index (χ4v) is 10.0. The number of amides is 2. The van der Waals surface area contributed by atoms with Gasteiger partial charge in [0.2, 0.25) is 5.91 Å². The molecule has 2 heterocycles. The van der Waals surface area contributed by atoms with Crippen LogP contribution in [0.3, 0.4) is 0 Å². The molecule has 2 amide bonds. The van der Waals surface area contributed by atoms with Crippen LogP contribution in [0.15, 0.2) is 24.0 Å². The number of fused-ring (bicyclic) bond motifs is 5. The maximum absolute atomic E-state index is 13.4. The maximum atomic E-state index is 13.4. The van der Waals surface area contributed by atoms with Crippen LogP contribution in [0.5, 0.6) is 0 Å². The Bertz CT molecular complexity index is 1140. The molecule has 0 unspecified atom stereocenters. The number of piperazine rings is 1. The summed E-state index contributed by atoms with van der Waals surface area (Å²) in [5.74, 6) is 3.52. The predicted octanol–water partition coefficient (Wildman–Crippen LogP) is 4.67. The topological polar surface area (TPSA) is 78.7 Å². The minimum absolute atomic E-state index is 0.00651. The smallest absolute Gasteiger partial charge is 0.257 e. The van der Waals surface area contributed by atoms with E-state index < -0.39 is 0 Å². The maximum Gasteiger partial charge on any atom is 0.257 e. The van der Waals surface area contributed by atoms with Gasteiger partial charge < -0.3 is 14.9 Å². The summed E-state index contributed by atoms with van der Waals surface area (Å²) < 4.78 is 1.65. The minimum atomic E-state index is -0.145. The Morgan fingerprint density at radius 3 is 2.51 bits per heavy atom. The van der Waals surface area contributed by atoms with E-state index in [1.54, 1.807) is 22.6 Å². The average Bonchev–Trinajstić information content (AvgIpc) is 3.51. The molecule has 1 saturated heterocycles. The molecule has 0 radical (unpaired) electrons. The average molecular weight is 537 g/mol. The van der Waals surface area contributed by atoms with Crippen molar-refractivity contribution in [2.75, 3.05) is 26.2 Å². The van der Waals surface area contributed by atoms with E-state index in [4.69, 9.17) is 0 Å². The Hall–Kier alpha value is -2.15. The van der Waals surface area contributed by atoms with E-state index in [2.05, 4.69) is 31.9 Å². The molecule has 4 fully saturated rings. The van der Waals surface area contributed by atoms with Crippen LogP contribution in [-0.2, 0) is 11.8 Å². The van der Waals surface area contributed by atoms with Gasteiger partial charge in [-0.25, -0.2) is 0 Å². The first-order valence-electron chi connectivity index (χ1n) is 15.5. The molecule has 0 aromatic carbocycles. The van der Waals surface area contributed by atoms with Crippen LogP contribution in [0.2, 0.25) is 0 Å². The van der Waals surface area contributed by atoms with E-state index in [1.165, 1.54) is 32.1 Å². The lowest BCUT2D eigenvalue weighted by atomic mass is 9.47. The Kier molecular flexibility index (Phi) is 6.96. The number of aliphatic hydroxyl groups is 1. The monoisotopic (exact) mass is 536 g/mol. The largest absolute Gasteiger partial charge is 0.393 e. The number of hydrogen-bond donors (Lipinski definition) is 1. The molecular formula is C32H48N4O3. The molecule has 1 N–H and O–H groups in total. The summed E-state index contributed by atoms with van der Waals surface area (Å²) in [6, 6.07) is 0. The number of hydrogen-bond acceptors (Lipinski definition) is 4. The summed E-state index contributed by atoms with van der Waals surface area (Å²) in [4.78, 5) is 30.0. The number of nitrogens with zero attached hydrogens (tertiary/aromatic N) is 4. The first-order chi connectivity index (χ1) is 18.6. The molecule has 5 aliphatic rings. The molecule has 39 heavy (non-hydrogen) atoms. The highest BCUT2D eigenvalue weighted by atomic mass is 16.3. The van der Waals surface area contributed by atoms with E-state index in [0.717, 1.165) is 37.0 Å². The molecule has 1 aliphatic heterocycles. The first-order valence-corrected chi connectivity index (χ1v) is 15.5. The molecule has 7 heteroatoms. The van der Waals surface area contributed by atoms with Crippen molar-refractivity contribution in [3.05, 3.63) is 29.6 Å². The zero-order chi connectivity index (χ0) is 27.5. The number of rotatable bonds is 4. The van der Waals surface area contributed by atoms with Gasteiger partial charge in [0, 0.05) is 45.8 Å². The number of carbonyl (C=O) groups is 2. The third-order valence-corrected chi connectivity index (χ3v) is 12.2. The van der Waals surface area contributed by atoms with E-state index in [9.17, 15) is 14.7 Å². The van der Waals surface area contributed by atoms with E-state index >= 15 is 0 Å². The number of aromatic nitrogens is 2. The number of aryl methyl sites for hydroxylation is 1. The number of allylic oxidation sites excluding steroid dienone is 1. The zero-order valence-corrected chi connectivity index (χ0v) is 24.4. The van der Waals surface area contributed by atoms with Crippen LogP contribution >= 0.6 is 0 Å². The second-order valence-electron chi connectivity index (χ2n) is 14.1. The molecule has 0 spiro atoms. The van der Waals surface area contributed by atoms with Gasteiger partial charge in [-0.1, -0.05) is 32.4 Å². The van der Waals surface area contributed by atoms with Gasteiger partial charge in [0.1, 0.15) is 0 Å². The predicted molar refractivity (Wildman–Crippen MR) is 151 cm³/mol. The second kappa shape index (κ2) is 10.0. The van der Waals surface area contributed by atoms with Gasteiger partial charge in [0.25, 0.3) is 5.91 Å². The Balaban J connectivity index is 1.06. The van der Waals surface area contributed by atoms with Crippen molar-refractivity contribution in [3.8, 4) is 0 Å². The van der Waals surface area contributed by atoms with Gasteiger partial charge in [-0.15, -0.1) is 0 Å². The summed E-state index contributed by atoms with van der Waals surface area (Å²) in [5, 5.41) is 14.4. The van der Waals surface area contributed by atoms with Crippen LogP contribution in [-0.4, -0.2) is 68.8 Å². The molecule has 7 nitrogen and oxygen atoms in total.